The van der Waals surface area contributed by atoms with Gasteiger partial charge in [-0.2, -0.15) is 0 Å². The van der Waals surface area contributed by atoms with E-state index in [4.69, 9.17) is 37.0 Å². The number of hydrogen-bond acceptors (Lipinski definition) is 15. The van der Waals surface area contributed by atoms with E-state index in [1.807, 2.05) is 0 Å². The van der Waals surface area contributed by atoms with Gasteiger partial charge in [0.15, 0.2) is 12.2 Å². The zero-order chi connectivity index (χ0) is 78.8. The van der Waals surface area contributed by atoms with Crippen molar-refractivity contribution in [1.82, 2.24) is 0 Å². The van der Waals surface area contributed by atoms with Crippen LogP contribution >= 0.6 is 15.6 Å². The lowest BCUT2D eigenvalue weighted by Gasteiger charge is -2.21. The van der Waals surface area contributed by atoms with Crippen LogP contribution in [0.5, 0.6) is 0 Å². The monoisotopic (exact) mass is 1560 g/mol. The predicted octanol–water partition coefficient (Wildman–Crippen LogP) is 26.7. The molecule has 636 valence electrons. The third-order valence-electron chi connectivity index (χ3n) is 21.3. The van der Waals surface area contributed by atoms with Crippen molar-refractivity contribution in [2.75, 3.05) is 39.6 Å². The van der Waals surface area contributed by atoms with Crippen LogP contribution in [0.4, 0.5) is 0 Å². The first-order valence-electron chi connectivity index (χ1n) is 45.3. The summed E-state index contributed by atoms with van der Waals surface area (Å²) in [4.78, 5) is 73.3. The van der Waals surface area contributed by atoms with E-state index in [1.54, 1.807) is 0 Å². The van der Waals surface area contributed by atoms with Crippen LogP contribution in [0.2, 0.25) is 0 Å². The van der Waals surface area contributed by atoms with Gasteiger partial charge in [0.25, 0.3) is 0 Å². The fourth-order valence-corrected chi connectivity index (χ4v) is 15.2. The molecule has 7 atom stereocenters. The molecule has 0 bridgehead atoms. The maximum absolute atomic E-state index is 13.2. The normalized spacial score (nSPS) is 14.4. The lowest BCUT2D eigenvalue weighted by molar-refractivity contribution is -0.161. The molecule has 0 saturated heterocycles. The minimum atomic E-state index is -4.97. The van der Waals surface area contributed by atoms with Gasteiger partial charge in [0.05, 0.1) is 26.4 Å². The van der Waals surface area contributed by atoms with E-state index in [0.29, 0.717) is 31.6 Å². The summed E-state index contributed by atoms with van der Waals surface area (Å²) in [5.74, 6) is 1.11. The minimum absolute atomic E-state index is 0.107. The summed E-state index contributed by atoms with van der Waals surface area (Å²) >= 11 is 0. The zero-order valence-electron chi connectivity index (χ0n) is 70.8. The van der Waals surface area contributed by atoms with Crippen LogP contribution in [0.1, 0.15) is 460 Å². The molecule has 0 rings (SSSR count). The molecular formula is C88H172O17P2. The second-order valence-electron chi connectivity index (χ2n) is 33.1. The van der Waals surface area contributed by atoms with Gasteiger partial charge >= 0.3 is 39.5 Å². The molecule has 19 heteroatoms. The smallest absolute Gasteiger partial charge is 0.462 e. The molecule has 3 N–H and O–H groups in total. The molecule has 107 heavy (non-hydrogen) atoms. The molecular weight excluding hydrogens is 1390 g/mol. The van der Waals surface area contributed by atoms with Crippen molar-refractivity contribution in [3.63, 3.8) is 0 Å². The molecule has 0 radical (unpaired) electrons. The van der Waals surface area contributed by atoms with Crippen molar-refractivity contribution in [2.45, 2.75) is 478 Å². The summed E-state index contributed by atoms with van der Waals surface area (Å²) in [7, 11) is -9.93. The van der Waals surface area contributed by atoms with Gasteiger partial charge in [0.2, 0.25) is 0 Å². The largest absolute Gasteiger partial charge is 0.472 e. The number of hydrogen-bond donors (Lipinski definition) is 3. The van der Waals surface area contributed by atoms with Crippen LogP contribution < -0.4 is 0 Å². The van der Waals surface area contributed by atoms with E-state index in [1.165, 1.54) is 257 Å². The highest BCUT2D eigenvalue weighted by Crippen LogP contribution is 2.45. The molecule has 0 saturated carbocycles. The molecule has 5 unspecified atom stereocenters. The molecule has 0 aromatic heterocycles. The van der Waals surface area contributed by atoms with Gasteiger partial charge in [-0.3, -0.25) is 37.3 Å². The lowest BCUT2D eigenvalue weighted by Crippen LogP contribution is -2.30. The van der Waals surface area contributed by atoms with Crippen LogP contribution in [0.3, 0.4) is 0 Å². The number of ether oxygens (including phenoxy) is 4. The number of carbonyl (C=O) groups excluding carboxylic acids is 4. The van der Waals surface area contributed by atoms with Crippen molar-refractivity contribution in [2.24, 2.45) is 23.7 Å². The average molecular weight is 1560 g/mol. The first-order valence-corrected chi connectivity index (χ1v) is 48.3. The van der Waals surface area contributed by atoms with Crippen LogP contribution in [-0.4, -0.2) is 96.7 Å². The number of unbranched alkanes of at least 4 members (excludes halogenated alkanes) is 49. The molecule has 0 amide bonds. The van der Waals surface area contributed by atoms with Crippen LogP contribution in [0, 0.1) is 23.7 Å². The van der Waals surface area contributed by atoms with Gasteiger partial charge in [-0.15, -0.1) is 0 Å². The topological polar surface area (TPSA) is 237 Å². The third kappa shape index (κ3) is 79.1. The van der Waals surface area contributed by atoms with Gasteiger partial charge in [0.1, 0.15) is 19.3 Å². The van der Waals surface area contributed by atoms with Gasteiger partial charge in [0, 0.05) is 25.7 Å². The fraction of sp³-hybridized carbons (Fsp3) is 0.955. The fourth-order valence-electron chi connectivity index (χ4n) is 13.6. The Balaban J connectivity index is 5.23. The summed E-state index contributed by atoms with van der Waals surface area (Å²) < 4.78 is 68.9. The van der Waals surface area contributed by atoms with Crippen molar-refractivity contribution in [1.29, 1.82) is 0 Å². The van der Waals surface area contributed by atoms with E-state index in [0.717, 1.165) is 114 Å². The number of aliphatic hydroxyl groups is 1. The number of phosphoric ester groups is 2. The van der Waals surface area contributed by atoms with Gasteiger partial charge in [-0.05, 0) is 49.4 Å². The summed E-state index contributed by atoms with van der Waals surface area (Å²) in [5.41, 5.74) is 0. The summed E-state index contributed by atoms with van der Waals surface area (Å²) in [5, 5.41) is 10.7. The molecule has 17 nitrogen and oxygen atoms in total. The third-order valence-corrected chi connectivity index (χ3v) is 23.2. The molecule has 0 fully saturated rings. The minimum Gasteiger partial charge on any atom is -0.462 e. The number of esters is 4. The van der Waals surface area contributed by atoms with Crippen molar-refractivity contribution in [3.05, 3.63) is 0 Å². The molecule has 0 aromatic carbocycles. The molecule has 0 aliphatic rings. The number of rotatable bonds is 85. The molecule has 0 aromatic rings. The van der Waals surface area contributed by atoms with Crippen molar-refractivity contribution < 1.29 is 80.2 Å². The zero-order valence-corrected chi connectivity index (χ0v) is 72.6. The van der Waals surface area contributed by atoms with Crippen LogP contribution in [0.15, 0.2) is 0 Å². The van der Waals surface area contributed by atoms with Crippen LogP contribution in [0.25, 0.3) is 0 Å². The van der Waals surface area contributed by atoms with Gasteiger partial charge in [-0.1, -0.05) is 409 Å². The maximum atomic E-state index is 13.2. The molecule has 0 spiro atoms. The Hall–Kier alpha value is -1.94. The highest BCUT2D eigenvalue weighted by atomic mass is 31.2. The first-order chi connectivity index (χ1) is 51.7. The van der Waals surface area contributed by atoms with Crippen molar-refractivity contribution in [3.8, 4) is 0 Å². The second-order valence-corrected chi connectivity index (χ2v) is 36.0. The summed E-state index contributed by atoms with van der Waals surface area (Å²) in [6.07, 6.45) is 66.7. The van der Waals surface area contributed by atoms with E-state index < -0.39 is 97.5 Å². The standard InChI is InChI=1S/C88H172O17P2/c1-9-80(7)66-58-50-42-34-28-22-15-13-11-12-14-16-25-31-37-45-54-62-70-87(92)104-83(74-98-85(90)68-60-52-44-36-30-24-19-17-21-27-33-40-48-56-64-78(3)4)76-102-106(94,95)100-72-82(89)73-101-107(96,97)103-77-84(75-99-86(91)69-61-53-47-39-41-49-57-65-79(5)6)105-88(93)71-63-55-46-38-32-26-20-18-23-29-35-43-51-59-67-81(8)10-2/h78-84,89H,9-77H2,1-8H3,(H,94,95)(H,96,97)/t80?,81?,82?,83-,84-/m1/s1. The first kappa shape index (κ1) is 105. The van der Waals surface area contributed by atoms with E-state index in [9.17, 15) is 43.2 Å². The van der Waals surface area contributed by atoms with Gasteiger partial charge in [-0.25, -0.2) is 9.13 Å². The van der Waals surface area contributed by atoms with Crippen LogP contribution in [-0.2, 0) is 65.4 Å². The second kappa shape index (κ2) is 76.7. The Kier molecular flexibility index (Phi) is 75.3. The summed E-state index contributed by atoms with van der Waals surface area (Å²) in [6, 6.07) is 0. The Labute approximate surface area is 658 Å². The highest BCUT2D eigenvalue weighted by Gasteiger charge is 2.31. The number of phosphoric acid groups is 2. The Morgan fingerprint density at radius 2 is 0.449 bits per heavy atom. The predicted molar refractivity (Wildman–Crippen MR) is 441 cm³/mol. The average Bonchev–Trinajstić information content (AvgIpc) is 0.901. The van der Waals surface area contributed by atoms with E-state index in [2.05, 4.69) is 55.4 Å². The van der Waals surface area contributed by atoms with Crippen molar-refractivity contribution >= 4 is 39.5 Å². The maximum Gasteiger partial charge on any atom is 0.472 e. The summed E-state index contributed by atoms with van der Waals surface area (Å²) in [6.45, 7) is 14.4. The van der Waals surface area contributed by atoms with E-state index >= 15 is 0 Å². The number of carbonyl (C=O) groups is 4. The van der Waals surface area contributed by atoms with Gasteiger partial charge < -0.3 is 33.8 Å². The SMILES string of the molecule is CCC(C)CCCCCCCCCCCCCCCCCCCCC(=O)O[C@H](COC(=O)CCCCCCCCCCCCCCCCC(C)C)COP(=O)(O)OCC(O)COP(=O)(O)OC[C@@H](COC(=O)CCCCCCCCCC(C)C)OC(=O)CCCCCCCCCCCCCCCCC(C)CC. The van der Waals surface area contributed by atoms with E-state index in [-0.39, 0.29) is 25.7 Å². The lowest BCUT2D eigenvalue weighted by atomic mass is 9.99. The quantitative estimate of drug-likeness (QED) is 0.0222. The Morgan fingerprint density at radius 3 is 0.664 bits per heavy atom. The Morgan fingerprint density at radius 1 is 0.262 bits per heavy atom. The number of aliphatic hydroxyl groups excluding tert-OH is 1. The highest BCUT2D eigenvalue weighted by molar-refractivity contribution is 7.47. The Bertz CT molecular complexity index is 2080. The molecule has 0 aliphatic carbocycles. The molecule has 0 aliphatic heterocycles. The molecule has 0 heterocycles.